The number of imide groups is 1. The third kappa shape index (κ3) is 3.54. The minimum absolute atomic E-state index is 0.103. The van der Waals surface area contributed by atoms with Gasteiger partial charge in [-0.15, -0.1) is 0 Å². The molecule has 4 aliphatic rings. The highest BCUT2D eigenvalue weighted by molar-refractivity contribution is 6.05. The largest absolute Gasteiger partial charge is 0.322 e. The van der Waals surface area contributed by atoms with Crippen molar-refractivity contribution in [2.75, 3.05) is 6.54 Å². The van der Waals surface area contributed by atoms with E-state index in [1.807, 2.05) is 12.1 Å². The number of benzene rings is 1. The molecule has 3 heterocycles. The van der Waals surface area contributed by atoms with Crippen LogP contribution in [0.3, 0.4) is 0 Å². The van der Waals surface area contributed by atoms with Crippen LogP contribution >= 0.6 is 0 Å². The van der Waals surface area contributed by atoms with E-state index in [1.54, 1.807) is 4.90 Å². The van der Waals surface area contributed by atoms with Gasteiger partial charge in [-0.25, -0.2) is 0 Å². The summed E-state index contributed by atoms with van der Waals surface area (Å²) in [6, 6.07) is 5.81. The zero-order chi connectivity index (χ0) is 20.7. The van der Waals surface area contributed by atoms with Gasteiger partial charge in [0.25, 0.3) is 5.91 Å². The van der Waals surface area contributed by atoms with E-state index < -0.39 is 6.04 Å². The molecular weight excluding hydrogens is 380 g/mol. The van der Waals surface area contributed by atoms with Crippen molar-refractivity contribution in [2.45, 2.75) is 82.1 Å². The maximum Gasteiger partial charge on any atom is 0.255 e. The number of hydrogen-bond donors (Lipinski definition) is 3. The van der Waals surface area contributed by atoms with Crippen molar-refractivity contribution in [3.63, 3.8) is 0 Å². The van der Waals surface area contributed by atoms with Crippen molar-refractivity contribution >= 4 is 17.7 Å². The van der Waals surface area contributed by atoms with E-state index in [9.17, 15) is 14.4 Å². The van der Waals surface area contributed by atoms with Crippen LogP contribution in [0.5, 0.6) is 0 Å². The lowest BCUT2D eigenvalue weighted by molar-refractivity contribution is -0.136. The smallest absolute Gasteiger partial charge is 0.255 e. The van der Waals surface area contributed by atoms with Crippen molar-refractivity contribution in [1.82, 2.24) is 20.9 Å². The monoisotopic (exact) mass is 410 g/mol. The number of piperidine rings is 1. The molecule has 1 aromatic carbocycles. The Hall–Kier alpha value is -2.25. The first kappa shape index (κ1) is 19.7. The van der Waals surface area contributed by atoms with E-state index in [2.05, 4.69) is 22.0 Å². The number of hydrogen-bond acceptors (Lipinski definition) is 5. The molecule has 7 heteroatoms. The van der Waals surface area contributed by atoms with Crippen molar-refractivity contribution in [2.24, 2.45) is 0 Å². The first-order chi connectivity index (χ1) is 14.5. The molecule has 0 aromatic heterocycles. The van der Waals surface area contributed by atoms with Crippen molar-refractivity contribution in [1.29, 1.82) is 0 Å². The van der Waals surface area contributed by atoms with Crippen LogP contribution in [-0.4, -0.2) is 46.8 Å². The van der Waals surface area contributed by atoms with Gasteiger partial charge in [0.1, 0.15) is 6.04 Å². The molecular formula is C23H30N4O3. The van der Waals surface area contributed by atoms with Gasteiger partial charge in [-0.3, -0.25) is 19.7 Å². The molecule has 30 heavy (non-hydrogen) atoms. The Morgan fingerprint density at radius 3 is 2.67 bits per heavy atom. The van der Waals surface area contributed by atoms with Gasteiger partial charge in [0.05, 0.1) is 0 Å². The van der Waals surface area contributed by atoms with Gasteiger partial charge in [0.15, 0.2) is 0 Å². The second-order valence-corrected chi connectivity index (χ2v) is 9.31. The fourth-order valence-corrected chi connectivity index (χ4v) is 5.74. The number of fused-ring (bicyclic) bond motifs is 1. The molecule has 1 aliphatic carbocycles. The summed E-state index contributed by atoms with van der Waals surface area (Å²) in [6.07, 6.45) is 8.13. The third-order valence-corrected chi connectivity index (χ3v) is 7.54. The van der Waals surface area contributed by atoms with E-state index in [-0.39, 0.29) is 24.1 Å². The Bertz CT molecular complexity index is 867. The van der Waals surface area contributed by atoms with Gasteiger partial charge in [0, 0.05) is 36.7 Å². The Balaban J connectivity index is 1.23. The van der Waals surface area contributed by atoms with E-state index in [1.165, 1.54) is 38.5 Å². The Labute approximate surface area is 177 Å². The lowest BCUT2D eigenvalue weighted by Gasteiger charge is -2.38. The van der Waals surface area contributed by atoms with Gasteiger partial charge < -0.3 is 15.5 Å². The van der Waals surface area contributed by atoms with Crippen LogP contribution in [0.15, 0.2) is 18.2 Å². The summed E-state index contributed by atoms with van der Waals surface area (Å²) in [5.74, 6) is -0.718. The molecule has 3 N–H and O–H groups in total. The second-order valence-electron chi connectivity index (χ2n) is 9.31. The average Bonchev–Trinajstić information content (AvgIpc) is 3.33. The third-order valence-electron chi connectivity index (χ3n) is 7.54. The Morgan fingerprint density at radius 1 is 1.10 bits per heavy atom. The predicted octanol–water partition coefficient (Wildman–Crippen LogP) is 1.60. The fraction of sp³-hybridized carbons (Fsp3) is 0.609. The van der Waals surface area contributed by atoms with Crippen LogP contribution in [-0.2, 0) is 22.7 Å². The molecule has 1 saturated carbocycles. The predicted molar refractivity (Wildman–Crippen MR) is 112 cm³/mol. The molecule has 0 bridgehead atoms. The summed E-state index contributed by atoms with van der Waals surface area (Å²) in [6.45, 7) is 2.34. The molecule has 1 spiro atoms. The number of carbonyl (C=O) groups is 3. The maximum absolute atomic E-state index is 13.0. The second kappa shape index (κ2) is 7.78. The van der Waals surface area contributed by atoms with E-state index in [0.717, 1.165) is 24.2 Å². The average molecular weight is 411 g/mol. The zero-order valence-electron chi connectivity index (χ0n) is 17.3. The zero-order valence-corrected chi connectivity index (χ0v) is 17.3. The molecule has 1 unspecified atom stereocenters. The first-order valence-corrected chi connectivity index (χ1v) is 11.3. The van der Waals surface area contributed by atoms with Crippen LogP contribution in [0.25, 0.3) is 0 Å². The van der Waals surface area contributed by atoms with Crippen molar-refractivity contribution < 1.29 is 14.4 Å². The maximum atomic E-state index is 13.0. The van der Waals surface area contributed by atoms with Gasteiger partial charge in [-0.1, -0.05) is 12.1 Å². The summed E-state index contributed by atoms with van der Waals surface area (Å²) >= 11 is 0. The normalized spacial score (nSPS) is 31.3. The number of nitrogens with one attached hydrogen (secondary N) is 3. The topological polar surface area (TPSA) is 90.5 Å². The first-order valence-electron chi connectivity index (χ1n) is 11.3. The highest BCUT2D eigenvalue weighted by Gasteiger charge is 2.40. The van der Waals surface area contributed by atoms with Gasteiger partial charge in [-0.05, 0) is 68.7 Å². The van der Waals surface area contributed by atoms with Crippen LogP contribution < -0.4 is 16.0 Å². The molecule has 1 atom stereocenters. The Kier molecular flexibility index (Phi) is 5.11. The lowest BCUT2D eigenvalue weighted by atomic mass is 9.78. The number of amides is 3. The van der Waals surface area contributed by atoms with E-state index in [4.69, 9.17) is 0 Å². The Morgan fingerprint density at radius 2 is 1.93 bits per heavy atom. The highest BCUT2D eigenvalue weighted by Crippen LogP contribution is 2.35. The minimum Gasteiger partial charge on any atom is -0.322 e. The molecule has 0 radical (unpaired) electrons. The minimum atomic E-state index is -0.558. The van der Waals surface area contributed by atoms with Crippen molar-refractivity contribution in [3.05, 3.63) is 34.9 Å². The molecule has 7 nitrogen and oxygen atoms in total. The van der Waals surface area contributed by atoms with Gasteiger partial charge >= 0.3 is 0 Å². The molecule has 1 aromatic rings. The number of carbonyl (C=O) groups excluding carboxylic acids is 3. The van der Waals surface area contributed by atoms with Crippen LogP contribution in [0.2, 0.25) is 0 Å². The van der Waals surface area contributed by atoms with E-state index >= 15 is 0 Å². The van der Waals surface area contributed by atoms with Gasteiger partial charge in [0.2, 0.25) is 11.8 Å². The van der Waals surface area contributed by atoms with Gasteiger partial charge in [-0.2, -0.15) is 0 Å². The van der Waals surface area contributed by atoms with Crippen LogP contribution in [0, 0.1) is 0 Å². The summed E-state index contributed by atoms with van der Waals surface area (Å²) in [5, 5.41) is 9.81. The molecule has 3 amide bonds. The summed E-state index contributed by atoms with van der Waals surface area (Å²) in [4.78, 5) is 38.3. The van der Waals surface area contributed by atoms with Crippen LogP contribution in [0.1, 0.15) is 72.9 Å². The van der Waals surface area contributed by atoms with E-state index in [0.29, 0.717) is 30.1 Å². The SMILES string of the molecule is O=C1CCC(N2Cc3c(CNC4CCC5(CCCN5)CC4)cccc3C2=O)C(=O)N1. The molecule has 3 aliphatic heterocycles. The highest BCUT2D eigenvalue weighted by atomic mass is 16.2. The molecule has 3 fully saturated rings. The van der Waals surface area contributed by atoms with Crippen molar-refractivity contribution in [3.8, 4) is 0 Å². The number of nitrogens with zero attached hydrogens (tertiary/aromatic N) is 1. The molecule has 5 rings (SSSR count). The lowest BCUT2D eigenvalue weighted by Crippen LogP contribution is -2.52. The fourth-order valence-electron chi connectivity index (χ4n) is 5.74. The molecule has 160 valence electrons. The summed E-state index contributed by atoms with van der Waals surface area (Å²) in [7, 11) is 0. The summed E-state index contributed by atoms with van der Waals surface area (Å²) < 4.78 is 0. The number of rotatable bonds is 4. The standard InChI is InChI=1S/C23H30N4O3/c28-20-6-5-19(21(29)26-20)27-14-18-15(3-1-4-17(18)22(27)30)13-24-16-7-10-23(11-8-16)9-2-12-25-23/h1,3-4,16,19,24-25H,2,5-14H2,(H,26,28,29). The summed E-state index contributed by atoms with van der Waals surface area (Å²) in [5.41, 5.74) is 3.23. The molecule has 2 saturated heterocycles. The quantitative estimate of drug-likeness (QED) is 0.656. The van der Waals surface area contributed by atoms with Crippen LogP contribution in [0.4, 0.5) is 0 Å².